The molecule has 0 aliphatic carbocycles. The zero-order chi connectivity index (χ0) is 31.4. The van der Waals surface area contributed by atoms with Crippen LogP contribution in [-0.2, 0) is 39.8 Å². The van der Waals surface area contributed by atoms with Crippen LogP contribution in [0.4, 0.5) is 15.3 Å². The highest BCUT2D eigenvalue weighted by atomic mass is 16.7. The summed E-state index contributed by atoms with van der Waals surface area (Å²) < 4.78 is 19.8. The molecule has 3 rings (SSSR count). The van der Waals surface area contributed by atoms with Gasteiger partial charge in [0.25, 0.3) is 5.91 Å². The molecule has 1 aliphatic rings. The molecule has 2 aromatic carbocycles. The third-order valence-corrected chi connectivity index (χ3v) is 5.67. The Morgan fingerprint density at radius 3 is 2.12 bits per heavy atom. The lowest BCUT2D eigenvalue weighted by Crippen LogP contribution is -2.34. The molecular formula is C28H31N3O11. The van der Waals surface area contributed by atoms with Crippen LogP contribution in [0.25, 0.3) is 5.57 Å². The van der Waals surface area contributed by atoms with E-state index in [1.165, 1.54) is 28.1 Å². The molecule has 0 spiro atoms. The van der Waals surface area contributed by atoms with Crippen molar-refractivity contribution in [1.29, 1.82) is 5.41 Å². The molecule has 4 N–H and O–H groups in total. The zero-order valence-corrected chi connectivity index (χ0v) is 23.3. The van der Waals surface area contributed by atoms with Crippen LogP contribution in [0.3, 0.4) is 0 Å². The van der Waals surface area contributed by atoms with Crippen molar-refractivity contribution < 1.29 is 53.1 Å². The molecule has 2 aromatic rings. The number of hydrogen-bond acceptors (Lipinski definition) is 10. The van der Waals surface area contributed by atoms with E-state index in [4.69, 9.17) is 34.6 Å². The molecule has 0 fully saturated rings. The van der Waals surface area contributed by atoms with E-state index >= 15 is 0 Å². The van der Waals surface area contributed by atoms with E-state index in [2.05, 4.69) is 10.1 Å². The average Bonchev–Trinajstić information content (AvgIpc) is 3.27. The second kappa shape index (κ2) is 15.4. The summed E-state index contributed by atoms with van der Waals surface area (Å²) in [6, 6.07) is 13.8. The van der Waals surface area contributed by atoms with Gasteiger partial charge < -0.3 is 34.1 Å². The monoisotopic (exact) mass is 585 g/mol. The second-order valence-corrected chi connectivity index (χ2v) is 8.58. The smallest absolute Gasteiger partial charge is 0.498 e. The van der Waals surface area contributed by atoms with E-state index in [9.17, 15) is 19.2 Å². The van der Waals surface area contributed by atoms with Crippen LogP contribution >= 0.6 is 0 Å². The number of alkyl carbamates (subject to hydrolysis) is 1. The quantitative estimate of drug-likeness (QED) is 0.145. The number of amidine groups is 1. The Morgan fingerprint density at radius 1 is 1.00 bits per heavy atom. The van der Waals surface area contributed by atoms with Gasteiger partial charge in [-0.1, -0.05) is 24.3 Å². The number of amides is 2. The number of methoxy groups -OCH3 is 2. The van der Waals surface area contributed by atoms with Crippen molar-refractivity contribution in [1.82, 2.24) is 5.32 Å². The SMILES string of the molecule is COC(=O)CCc1ccc(C2=C(OC)CN(c3ccc(C(=N)NC(=O)OC(C)OC(C)=O)cc3)C2=O)cc1.O=C(O)O. The van der Waals surface area contributed by atoms with Crippen LogP contribution in [0.5, 0.6) is 0 Å². The number of hydrogen-bond donors (Lipinski definition) is 4. The molecule has 0 radical (unpaired) electrons. The molecular weight excluding hydrogens is 554 g/mol. The van der Waals surface area contributed by atoms with Gasteiger partial charge in [0, 0.05) is 31.5 Å². The normalized spacial score (nSPS) is 12.9. The molecule has 1 aliphatic heterocycles. The Hall–Kier alpha value is -5.40. The van der Waals surface area contributed by atoms with Crippen LogP contribution in [0.1, 0.15) is 37.0 Å². The van der Waals surface area contributed by atoms with E-state index in [1.807, 2.05) is 24.3 Å². The highest BCUT2D eigenvalue weighted by Crippen LogP contribution is 2.32. The molecule has 2 amide bonds. The van der Waals surface area contributed by atoms with Crippen molar-refractivity contribution in [2.24, 2.45) is 0 Å². The minimum Gasteiger partial charge on any atom is -0.498 e. The fourth-order valence-electron chi connectivity index (χ4n) is 3.82. The first-order chi connectivity index (χ1) is 19.9. The van der Waals surface area contributed by atoms with Crippen LogP contribution in [0.15, 0.2) is 54.3 Å². The number of carbonyl (C=O) groups excluding carboxylic acids is 4. The molecule has 1 unspecified atom stereocenters. The largest absolute Gasteiger partial charge is 0.503 e. The van der Waals surface area contributed by atoms with Gasteiger partial charge in [0.05, 0.1) is 26.3 Å². The van der Waals surface area contributed by atoms with Crippen molar-refractivity contribution >= 4 is 47.2 Å². The maximum absolute atomic E-state index is 13.3. The second-order valence-electron chi connectivity index (χ2n) is 8.58. The third kappa shape index (κ3) is 9.66. The average molecular weight is 586 g/mol. The van der Waals surface area contributed by atoms with Crippen molar-refractivity contribution in [2.45, 2.75) is 33.0 Å². The Bertz CT molecular complexity index is 1350. The van der Waals surface area contributed by atoms with Gasteiger partial charge in [0.15, 0.2) is 0 Å². The van der Waals surface area contributed by atoms with Gasteiger partial charge in [0.1, 0.15) is 11.6 Å². The Morgan fingerprint density at radius 2 is 1.60 bits per heavy atom. The van der Waals surface area contributed by atoms with Crippen LogP contribution in [0.2, 0.25) is 0 Å². The number of carboxylic acid groups (broad SMARTS) is 2. The van der Waals surface area contributed by atoms with E-state index in [0.717, 1.165) is 5.56 Å². The standard InChI is InChI=1S/C27H29N3O8.CH2O3/c1-16(31)37-17(2)38-27(34)29-25(28)20-10-12-21(13-11-20)30-15-22(35-3)24(26(30)33)19-8-5-18(6-9-19)7-14-23(32)36-4;2-1(3)4/h5-6,8-13,17H,7,14-15H2,1-4H3,(H2,28,29,34);(H2,2,3,4). The van der Waals surface area contributed by atoms with Gasteiger partial charge in [-0.05, 0) is 41.8 Å². The maximum atomic E-state index is 13.3. The first-order valence-electron chi connectivity index (χ1n) is 12.4. The van der Waals surface area contributed by atoms with Crippen molar-refractivity contribution in [3.63, 3.8) is 0 Å². The fraction of sp³-hybridized carbons (Fsp3) is 0.286. The lowest BCUT2D eigenvalue weighted by atomic mass is 10.0. The van der Waals surface area contributed by atoms with Gasteiger partial charge in [-0.2, -0.15) is 0 Å². The molecule has 1 heterocycles. The molecule has 0 aromatic heterocycles. The van der Waals surface area contributed by atoms with E-state index in [1.54, 1.807) is 29.2 Å². The fourth-order valence-corrected chi connectivity index (χ4v) is 3.82. The molecule has 0 bridgehead atoms. The van der Waals surface area contributed by atoms with Crippen LogP contribution in [0, 0.1) is 5.41 Å². The topological polar surface area (TPSA) is 202 Å². The summed E-state index contributed by atoms with van der Waals surface area (Å²) in [6.45, 7) is 2.79. The summed E-state index contributed by atoms with van der Waals surface area (Å²) in [5, 5.41) is 24.3. The maximum Gasteiger partial charge on any atom is 0.503 e. The van der Waals surface area contributed by atoms with E-state index in [-0.39, 0.29) is 30.7 Å². The first-order valence-corrected chi connectivity index (χ1v) is 12.4. The Kier molecular flexibility index (Phi) is 12.0. The van der Waals surface area contributed by atoms with Gasteiger partial charge in [-0.15, -0.1) is 0 Å². The highest BCUT2D eigenvalue weighted by Gasteiger charge is 2.33. The summed E-state index contributed by atoms with van der Waals surface area (Å²) in [6.07, 6.45) is -3.08. The first kappa shape index (κ1) is 32.8. The van der Waals surface area contributed by atoms with E-state index < -0.39 is 24.5 Å². The summed E-state index contributed by atoms with van der Waals surface area (Å²) >= 11 is 0. The summed E-state index contributed by atoms with van der Waals surface area (Å²) in [5.74, 6) is -0.846. The van der Waals surface area contributed by atoms with Gasteiger partial charge in [0.2, 0.25) is 6.29 Å². The molecule has 0 saturated carbocycles. The molecule has 0 saturated heterocycles. The van der Waals surface area contributed by atoms with Crippen LogP contribution in [-0.4, -0.2) is 73.2 Å². The summed E-state index contributed by atoms with van der Waals surface area (Å²) in [5.41, 5.74) is 3.03. The molecule has 1 atom stereocenters. The lowest BCUT2D eigenvalue weighted by Gasteiger charge is -2.17. The zero-order valence-electron chi connectivity index (χ0n) is 23.3. The Balaban J connectivity index is 0.00000144. The van der Waals surface area contributed by atoms with Crippen LogP contribution < -0.4 is 10.2 Å². The molecule has 42 heavy (non-hydrogen) atoms. The molecule has 224 valence electrons. The third-order valence-electron chi connectivity index (χ3n) is 5.67. The number of nitrogens with one attached hydrogen (secondary N) is 2. The lowest BCUT2D eigenvalue weighted by molar-refractivity contribution is -0.161. The van der Waals surface area contributed by atoms with E-state index in [0.29, 0.717) is 34.6 Å². The summed E-state index contributed by atoms with van der Waals surface area (Å²) in [4.78, 5) is 57.7. The minimum absolute atomic E-state index is 0.226. The van der Waals surface area contributed by atoms with Gasteiger partial charge in [-0.25, -0.2) is 9.59 Å². The number of ether oxygens (including phenoxy) is 4. The van der Waals surface area contributed by atoms with Crippen molar-refractivity contribution in [2.75, 3.05) is 25.7 Å². The number of carbonyl (C=O) groups is 5. The van der Waals surface area contributed by atoms with Crippen molar-refractivity contribution in [3.8, 4) is 0 Å². The predicted octanol–water partition coefficient (Wildman–Crippen LogP) is 3.38. The number of rotatable bonds is 9. The number of nitrogens with zero attached hydrogens (tertiary/aromatic N) is 1. The highest BCUT2D eigenvalue weighted by molar-refractivity contribution is 6.29. The predicted molar refractivity (Wildman–Crippen MR) is 148 cm³/mol. The number of anilines is 1. The van der Waals surface area contributed by atoms with Crippen molar-refractivity contribution in [3.05, 3.63) is 71.0 Å². The molecule has 14 heteroatoms. The molecule has 14 nitrogen and oxygen atoms in total. The number of aryl methyl sites for hydroxylation is 1. The minimum atomic E-state index is -1.83. The van der Waals surface area contributed by atoms with Gasteiger partial charge >= 0.3 is 24.2 Å². The van der Waals surface area contributed by atoms with Gasteiger partial charge in [-0.3, -0.25) is 25.1 Å². The number of esters is 2. The Labute approximate surface area is 240 Å². The summed E-state index contributed by atoms with van der Waals surface area (Å²) in [7, 11) is 2.86. The number of benzene rings is 2.